The van der Waals surface area contributed by atoms with E-state index in [0.717, 1.165) is 61.0 Å². The Morgan fingerprint density at radius 1 is 1.12 bits per heavy atom. The van der Waals surface area contributed by atoms with E-state index in [-0.39, 0.29) is 22.5 Å². The Morgan fingerprint density at radius 2 is 1.93 bits per heavy atom. The molecule has 4 aromatic rings. The summed E-state index contributed by atoms with van der Waals surface area (Å²) in [5.41, 5.74) is 3.01. The van der Waals surface area contributed by atoms with Gasteiger partial charge in [-0.2, -0.15) is 0 Å². The Morgan fingerprint density at radius 3 is 2.63 bits per heavy atom. The molecule has 0 radical (unpaired) electrons. The molecule has 0 bridgehead atoms. The van der Waals surface area contributed by atoms with Gasteiger partial charge in [-0.1, -0.05) is 23.7 Å². The van der Waals surface area contributed by atoms with E-state index >= 15 is 0 Å². The first-order chi connectivity index (χ1) is 19.9. The van der Waals surface area contributed by atoms with E-state index in [1.165, 1.54) is 17.4 Å². The first kappa shape index (κ1) is 29.5. The minimum Gasteiger partial charge on any atom is -0.496 e. The van der Waals surface area contributed by atoms with E-state index in [4.69, 9.17) is 21.1 Å². The molecule has 0 spiro atoms. The molecule has 0 amide bonds. The first-order valence-electron chi connectivity index (χ1n) is 14.2. The summed E-state index contributed by atoms with van der Waals surface area (Å²) in [4.78, 5) is 18.5. The number of hydrogen-bond acceptors (Lipinski definition) is 6. The van der Waals surface area contributed by atoms with Crippen LogP contribution in [0.1, 0.15) is 53.8 Å². The maximum Gasteiger partial charge on any atom is 0.221 e. The van der Waals surface area contributed by atoms with E-state index in [9.17, 15) is 9.18 Å². The highest BCUT2D eigenvalue weighted by molar-refractivity contribution is 7.21. The van der Waals surface area contributed by atoms with Gasteiger partial charge in [0.2, 0.25) is 5.88 Å². The van der Waals surface area contributed by atoms with E-state index in [1.807, 2.05) is 37.4 Å². The van der Waals surface area contributed by atoms with Crippen LogP contribution in [0, 0.1) is 17.7 Å². The molecule has 1 atom stereocenters. The second kappa shape index (κ2) is 13.3. The predicted octanol–water partition coefficient (Wildman–Crippen LogP) is 8.37. The van der Waals surface area contributed by atoms with Crippen LogP contribution in [0.4, 0.5) is 4.39 Å². The molecule has 1 aliphatic rings. The standard InChI is InChI=1S/C33H36ClFN2O3S/c1-36-24-14-11-20(12-15-24)21(19-27(38)32-31(34)30-26(35)7-4-8-29(30)41-32)9-10-23-18-22(13-16-28(23)39-2)25-6-5-17-37-33(25)40-3/h4-8,13,16-18,20-21,24,36H,9-12,14-15,19H2,1-3H3. The summed E-state index contributed by atoms with van der Waals surface area (Å²) in [6, 6.07) is 15.4. The third-order valence-electron chi connectivity index (χ3n) is 8.49. The van der Waals surface area contributed by atoms with Gasteiger partial charge in [0.25, 0.3) is 0 Å². The van der Waals surface area contributed by atoms with Crippen LogP contribution in [0.5, 0.6) is 11.6 Å². The largest absolute Gasteiger partial charge is 0.496 e. The SMILES string of the molecule is CNC1CCC(C(CCc2cc(-c3cccnc3OC)ccc2OC)CC(=O)c2sc3cccc(F)c3c2Cl)CC1. The number of nitrogens with zero attached hydrogens (tertiary/aromatic N) is 1. The number of halogens is 2. The van der Waals surface area contributed by atoms with Gasteiger partial charge in [0, 0.05) is 34.3 Å². The van der Waals surface area contributed by atoms with Crippen molar-refractivity contribution in [2.75, 3.05) is 21.3 Å². The summed E-state index contributed by atoms with van der Waals surface area (Å²) < 4.78 is 26.5. The molecule has 1 unspecified atom stereocenters. The fourth-order valence-electron chi connectivity index (χ4n) is 6.22. The number of rotatable bonds is 11. The topological polar surface area (TPSA) is 60.5 Å². The highest BCUT2D eigenvalue weighted by Crippen LogP contribution is 2.41. The van der Waals surface area contributed by atoms with E-state index in [2.05, 4.69) is 16.4 Å². The molecule has 5 rings (SSSR count). The van der Waals surface area contributed by atoms with Crippen LogP contribution in [-0.4, -0.2) is 38.1 Å². The lowest BCUT2D eigenvalue weighted by molar-refractivity contribution is 0.0925. The second-order valence-corrected chi connectivity index (χ2v) is 12.2. The van der Waals surface area contributed by atoms with Crippen molar-refractivity contribution in [1.29, 1.82) is 0 Å². The van der Waals surface area contributed by atoms with Gasteiger partial charge in [0.05, 0.1) is 24.1 Å². The van der Waals surface area contributed by atoms with Gasteiger partial charge in [-0.3, -0.25) is 4.79 Å². The lowest BCUT2D eigenvalue weighted by atomic mass is 9.74. The number of pyridine rings is 1. The third kappa shape index (κ3) is 6.42. The number of fused-ring (bicyclic) bond motifs is 1. The maximum atomic E-state index is 14.5. The van der Waals surface area contributed by atoms with Gasteiger partial charge in [-0.15, -0.1) is 11.3 Å². The molecule has 5 nitrogen and oxygen atoms in total. The van der Waals surface area contributed by atoms with Gasteiger partial charge in [-0.25, -0.2) is 9.37 Å². The molecule has 2 aromatic carbocycles. The average molecular weight is 595 g/mol. The summed E-state index contributed by atoms with van der Waals surface area (Å²) in [5.74, 6) is 1.61. The van der Waals surface area contributed by atoms with Crippen molar-refractivity contribution in [1.82, 2.24) is 10.3 Å². The minimum absolute atomic E-state index is 0.00264. The number of thiophene rings is 1. The highest BCUT2D eigenvalue weighted by Gasteiger charge is 2.30. The average Bonchev–Trinajstić information content (AvgIpc) is 3.36. The van der Waals surface area contributed by atoms with E-state index in [1.54, 1.807) is 26.5 Å². The number of aryl methyl sites for hydroxylation is 1. The molecular weight excluding hydrogens is 559 g/mol. The van der Waals surface area contributed by atoms with Crippen molar-refractivity contribution >= 4 is 38.8 Å². The van der Waals surface area contributed by atoms with Crippen LogP contribution < -0.4 is 14.8 Å². The number of Topliss-reactive ketones (excluding diaryl/α,β-unsaturated/α-hetero) is 1. The smallest absolute Gasteiger partial charge is 0.221 e. The number of carbonyl (C=O) groups is 1. The second-order valence-electron chi connectivity index (χ2n) is 10.8. The zero-order valence-corrected chi connectivity index (χ0v) is 25.3. The molecule has 216 valence electrons. The Kier molecular flexibility index (Phi) is 9.58. The number of aromatic nitrogens is 1. The van der Waals surface area contributed by atoms with Crippen LogP contribution in [-0.2, 0) is 6.42 Å². The number of methoxy groups -OCH3 is 2. The van der Waals surface area contributed by atoms with Gasteiger partial charge < -0.3 is 14.8 Å². The van der Waals surface area contributed by atoms with E-state index < -0.39 is 0 Å². The van der Waals surface area contributed by atoms with Crippen LogP contribution in [0.15, 0.2) is 54.7 Å². The fourth-order valence-corrected chi connectivity index (χ4v) is 7.75. The molecule has 1 saturated carbocycles. The summed E-state index contributed by atoms with van der Waals surface area (Å²) in [5, 5.41) is 4.00. The number of carbonyl (C=O) groups excluding carboxylic acids is 1. The van der Waals surface area contributed by atoms with Crippen molar-refractivity contribution in [2.24, 2.45) is 11.8 Å². The van der Waals surface area contributed by atoms with Crippen LogP contribution in [0.25, 0.3) is 21.2 Å². The van der Waals surface area contributed by atoms with Crippen molar-refractivity contribution in [3.63, 3.8) is 0 Å². The first-order valence-corrected chi connectivity index (χ1v) is 15.4. The number of ether oxygens (including phenoxy) is 2. The molecule has 1 aliphatic carbocycles. The van der Waals surface area contributed by atoms with Gasteiger partial charge >= 0.3 is 0 Å². The lowest BCUT2D eigenvalue weighted by Crippen LogP contribution is -2.33. The maximum absolute atomic E-state index is 14.5. The molecule has 1 N–H and O–H groups in total. The summed E-state index contributed by atoms with van der Waals surface area (Å²) in [6.45, 7) is 0. The zero-order valence-electron chi connectivity index (χ0n) is 23.7. The zero-order chi connectivity index (χ0) is 28.9. The Balaban J connectivity index is 1.41. The Labute approximate surface area is 250 Å². The number of hydrogen-bond donors (Lipinski definition) is 1. The molecular formula is C33H36ClFN2O3S. The molecule has 41 heavy (non-hydrogen) atoms. The molecule has 0 saturated heterocycles. The Hall–Kier alpha value is -3.00. The number of nitrogens with one attached hydrogen (secondary N) is 1. The van der Waals surface area contributed by atoms with Crippen LogP contribution in [0.2, 0.25) is 5.02 Å². The van der Waals surface area contributed by atoms with Gasteiger partial charge in [0.15, 0.2) is 5.78 Å². The summed E-state index contributed by atoms with van der Waals surface area (Å²) in [7, 11) is 5.33. The summed E-state index contributed by atoms with van der Waals surface area (Å²) in [6.07, 6.45) is 8.04. The molecule has 1 fully saturated rings. The summed E-state index contributed by atoms with van der Waals surface area (Å²) >= 11 is 7.88. The normalized spacial score (nSPS) is 17.9. The van der Waals surface area contributed by atoms with E-state index in [0.29, 0.717) is 39.2 Å². The molecule has 0 aliphatic heterocycles. The van der Waals surface area contributed by atoms with Crippen molar-refractivity contribution in [3.05, 3.63) is 76.0 Å². The van der Waals surface area contributed by atoms with Gasteiger partial charge in [-0.05, 0) is 105 Å². The predicted molar refractivity (Wildman–Crippen MR) is 165 cm³/mol. The molecule has 2 heterocycles. The van der Waals surface area contributed by atoms with Crippen LogP contribution >= 0.6 is 22.9 Å². The van der Waals surface area contributed by atoms with Crippen LogP contribution in [0.3, 0.4) is 0 Å². The highest BCUT2D eigenvalue weighted by atomic mass is 35.5. The van der Waals surface area contributed by atoms with Gasteiger partial charge in [0.1, 0.15) is 11.6 Å². The Bertz CT molecular complexity index is 1520. The monoisotopic (exact) mass is 594 g/mol. The minimum atomic E-state index is -0.387. The quantitative estimate of drug-likeness (QED) is 0.177. The lowest BCUT2D eigenvalue weighted by Gasteiger charge is -2.34. The third-order valence-corrected chi connectivity index (χ3v) is 10.2. The fraction of sp³-hybridized carbons (Fsp3) is 0.394. The van der Waals surface area contributed by atoms with Crippen molar-refractivity contribution in [3.8, 4) is 22.8 Å². The van der Waals surface area contributed by atoms with Crippen molar-refractivity contribution < 1.29 is 18.7 Å². The molecule has 2 aromatic heterocycles. The number of benzene rings is 2. The number of ketones is 1. The van der Waals surface area contributed by atoms with Crippen molar-refractivity contribution in [2.45, 2.75) is 51.0 Å². The molecule has 8 heteroatoms.